The zero-order chi connectivity index (χ0) is 14.9. The maximum atomic E-state index is 10.6. The summed E-state index contributed by atoms with van der Waals surface area (Å²) in [7, 11) is 0. The zero-order valence-corrected chi connectivity index (χ0v) is 11.4. The largest absolute Gasteiger partial charge is 0.481 e. The molecule has 0 spiro atoms. The van der Waals surface area contributed by atoms with Crippen molar-refractivity contribution in [2.24, 2.45) is 10.8 Å². The summed E-state index contributed by atoms with van der Waals surface area (Å²) in [4.78, 5) is 19.6. The molecule has 0 unspecified atom stereocenters. The van der Waals surface area contributed by atoms with Gasteiger partial charge < -0.3 is 20.4 Å². The first-order valence-electron chi connectivity index (χ1n) is 5.62. The molecule has 4 N–H and O–H groups in total. The van der Waals surface area contributed by atoms with E-state index in [4.69, 9.17) is 15.0 Å². The number of hydrogen-bond donors (Lipinski definition) is 4. The monoisotopic (exact) mass is 262 g/mol. The molecule has 18 heavy (non-hydrogen) atoms. The van der Waals surface area contributed by atoms with Crippen LogP contribution in [0.25, 0.3) is 0 Å². The van der Waals surface area contributed by atoms with E-state index in [1.54, 1.807) is 27.7 Å². The van der Waals surface area contributed by atoms with Crippen molar-refractivity contribution in [3.63, 3.8) is 0 Å². The van der Waals surface area contributed by atoms with E-state index in [9.17, 15) is 15.0 Å². The fourth-order valence-electron chi connectivity index (χ4n) is 2.78. The summed E-state index contributed by atoms with van der Waals surface area (Å²) >= 11 is 0. The first-order chi connectivity index (χ1) is 7.80. The lowest BCUT2D eigenvalue weighted by Crippen LogP contribution is -2.76. The molecule has 1 aliphatic rings. The third-order valence-corrected chi connectivity index (χ3v) is 3.91. The van der Waals surface area contributed by atoms with Crippen LogP contribution in [0.15, 0.2) is 0 Å². The van der Waals surface area contributed by atoms with Crippen molar-refractivity contribution in [2.45, 2.75) is 52.7 Å². The normalized spacial score (nSPS) is 31.6. The standard InChI is InChI=1S/C10H18O4.C2H4O2/c1-8(2)7(13)9(3,4)10(8,14)5-6(11)12;1-2(3)4/h7,13-14H,5H2,1-4H3,(H,11,12);1H3,(H,3,4). The molecule has 0 radical (unpaired) electrons. The minimum atomic E-state index is -1.34. The number of aliphatic hydroxyl groups is 2. The summed E-state index contributed by atoms with van der Waals surface area (Å²) in [5.41, 5.74) is -2.88. The molecule has 0 aromatic heterocycles. The lowest BCUT2D eigenvalue weighted by atomic mass is 9.42. The Labute approximate surface area is 106 Å². The number of rotatable bonds is 2. The quantitative estimate of drug-likeness (QED) is 0.582. The summed E-state index contributed by atoms with van der Waals surface area (Å²) in [5, 5.41) is 36.2. The summed E-state index contributed by atoms with van der Waals surface area (Å²) in [6, 6.07) is 0. The second-order valence-electron chi connectivity index (χ2n) is 5.80. The topological polar surface area (TPSA) is 115 Å². The van der Waals surface area contributed by atoms with E-state index < -0.39 is 34.5 Å². The van der Waals surface area contributed by atoms with Gasteiger partial charge in [0, 0.05) is 17.8 Å². The van der Waals surface area contributed by atoms with Gasteiger partial charge in [0.1, 0.15) is 0 Å². The first-order valence-corrected chi connectivity index (χ1v) is 5.62. The average molecular weight is 262 g/mol. The molecular formula is C12H22O6. The van der Waals surface area contributed by atoms with E-state index in [1.807, 2.05) is 0 Å². The molecule has 1 saturated carbocycles. The summed E-state index contributed by atoms with van der Waals surface area (Å²) in [5.74, 6) is -1.87. The lowest BCUT2D eigenvalue weighted by Gasteiger charge is -2.67. The number of hydrogen-bond acceptors (Lipinski definition) is 4. The molecular weight excluding hydrogens is 240 g/mol. The van der Waals surface area contributed by atoms with Crippen molar-refractivity contribution < 1.29 is 30.0 Å². The molecule has 0 aliphatic heterocycles. The number of carbonyl (C=O) groups is 2. The minimum Gasteiger partial charge on any atom is -0.481 e. The van der Waals surface area contributed by atoms with Crippen LogP contribution in [-0.2, 0) is 9.59 Å². The van der Waals surface area contributed by atoms with Gasteiger partial charge in [-0.3, -0.25) is 9.59 Å². The van der Waals surface area contributed by atoms with Crippen molar-refractivity contribution in [1.82, 2.24) is 0 Å². The lowest BCUT2D eigenvalue weighted by molar-refractivity contribution is -0.319. The van der Waals surface area contributed by atoms with Gasteiger partial charge in [-0.05, 0) is 0 Å². The molecule has 0 aromatic rings. The molecule has 0 aromatic carbocycles. The minimum absolute atomic E-state index is 0.329. The molecule has 0 atom stereocenters. The molecule has 106 valence electrons. The first kappa shape index (κ1) is 16.9. The Morgan fingerprint density at radius 3 is 1.56 bits per heavy atom. The molecule has 0 amide bonds. The van der Waals surface area contributed by atoms with Gasteiger partial charge in [0.15, 0.2) is 0 Å². The SMILES string of the molecule is CC(=O)O.CC1(C)C(O)C(C)(C)C1(O)CC(=O)O. The second kappa shape index (κ2) is 4.85. The van der Waals surface area contributed by atoms with Gasteiger partial charge in [-0.2, -0.15) is 0 Å². The van der Waals surface area contributed by atoms with Crippen LogP contribution in [0.5, 0.6) is 0 Å². The van der Waals surface area contributed by atoms with Crippen LogP contribution < -0.4 is 0 Å². The average Bonchev–Trinajstić information content (AvgIpc) is 2.13. The Bertz CT molecular complexity index is 324. The Morgan fingerprint density at radius 2 is 1.33 bits per heavy atom. The predicted molar refractivity (Wildman–Crippen MR) is 64.1 cm³/mol. The summed E-state index contributed by atoms with van der Waals surface area (Å²) in [6.07, 6.45) is -1.01. The number of aliphatic hydroxyl groups excluding tert-OH is 1. The fourth-order valence-corrected chi connectivity index (χ4v) is 2.78. The van der Waals surface area contributed by atoms with Gasteiger partial charge >= 0.3 is 5.97 Å². The highest BCUT2D eigenvalue weighted by atomic mass is 16.4. The fraction of sp³-hybridized carbons (Fsp3) is 0.833. The highest BCUT2D eigenvalue weighted by Gasteiger charge is 2.71. The van der Waals surface area contributed by atoms with Crippen LogP contribution in [0.4, 0.5) is 0 Å². The van der Waals surface area contributed by atoms with Gasteiger partial charge in [0.05, 0.1) is 18.1 Å². The molecule has 0 heterocycles. The van der Waals surface area contributed by atoms with E-state index in [2.05, 4.69) is 0 Å². The zero-order valence-electron chi connectivity index (χ0n) is 11.4. The highest BCUT2D eigenvalue weighted by Crippen LogP contribution is 2.62. The number of aliphatic carboxylic acids is 2. The molecule has 1 fully saturated rings. The van der Waals surface area contributed by atoms with Gasteiger partial charge in [0.2, 0.25) is 0 Å². The van der Waals surface area contributed by atoms with Crippen LogP contribution in [0.3, 0.4) is 0 Å². The van der Waals surface area contributed by atoms with Crippen LogP contribution in [0, 0.1) is 10.8 Å². The molecule has 0 saturated heterocycles. The van der Waals surface area contributed by atoms with Gasteiger partial charge in [-0.15, -0.1) is 0 Å². The van der Waals surface area contributed by atoms with Gasteiger partial charge in [-0.1, -0.05) is 27.7 Å². The molecule has 1 aliphatic carbocycles. The van der Waals surface area contributed by atoms with Crippen LogP contribution >= 0.6 is 0 Å². The number of carboxylic acids is 2. The molecule has 0 bridgehead atoms. The van der Waals surface area contributed by atoms with Crippen molar-refractivity contribution in [3.8, 4) is 0 Å². The maximum absolute atomic E-state index is 10.6. The van der Waals surface area contributed by atoms with Crippen molar-refractivity contribution in [2.75, 3.05) is 0 Å². The highest BCUT2D eigenvalue weighted by molar-refractivity contribution is 5.69. The third kappa shape index (κ3) is 2.49. The Kier molecular flexibility index (Phi) is 4.55. The van der Waals surface area contributed by atoms with Crippen LogP contribution in [-0.4, -0.2) is 44.1 Å². The predicted octanol–water partition coefficient (Wildman–Crippen LogP) is 0.710. The molecule has 6 nitrogen and oxygen atoms in total. The maximum Gasteiger partial charge on any atom is 0.306 e. The van der Waals surface area contributed by atoms with E-state index in [0.717, 1.165) is 6.92 Å². The van der Waals surface area contributed by atoms with Crippen molar-refractivity contribution in [1.29, 1.82) is 0 Å². The van der Waals surface area contributed by atoms with E-state index in [1.165, 1.54) is 0 Å². The van der Waals surface area contributed by atoms with Crippen molar-refractivity contribution in [3.05, 3.63) is 0 Å². The second-order valence-corrected chi connectivity index (χ2v) is 5.80. The summed E-state index contributed by atoms with van der Waals surface area (Å²) in [6.45, 7) is 7.83. The Morgan fingerprint density at radius 1 is 1.06 bits per heavy atom. The Hall–Kier alpha value is -1.14. The third-order valence-electron chi connectivity index (χ3n) is 3.91. The summed E-state index contributed by atoms with van der Waals surface area (Å²) < 4.78 is 0. The van der Waals surface area contributed by atoms with E-state index in [-0.39, 0.29) is 6.42 Å². The van der Waals surface area contributed by atoms with Crippen molar-refractivity contribution >= 4 is 11.9 Å². The van der Waals surface area contributed by atoms with E-state index >= 15 is 0 Å². The molecule has 1 rings (SSSR count). The van der Waals surface area contributed by atoms with Crippen LogP contribution in [0.1, 0.15) is 41.0 Å². The van der Waals surface area contributed by atoms with E-state index in [0.29, 0.717) is 0 Å². The van der Waals surface area contributed by atoms with Gasteiger partial charge in [0.25, 0.3) is 5.97 Å². The molecule has 6 heteroatoms. The Balaban J connectivity index is 0.000000631. The number of carboxylic acid groups (broad SMARTS) is 2. The smallest absolute Gasteiger partial charge is 0.306 e. The van der Waals surface area contributed by atoms with Gasteiger partial charge in [-0.25, -0.2) is 0 Å². The van der Waals surface area contributed by atoms with Crippen LogP contribution in [0.2, 0.25) is 0 Å².